The van der Waals surface area contributed by atoms with Gasteiger partial charge in [0.25, 0.3) is 0 Å². The van der Waals surface area contributed by atoms with Crippen molar-refractivity contribution in [1.82, 2.24) is 0 Å². The van der Waals surface area contributed by atoms with Crippen LogP contribution in [0.15, 0.2) is 30.3 Å². The third kappa shape index (κ3) is 6.05. The molecule has 0 heterocycles. The summed E-state index contributed by atoms with van der Waals surface area (Å²) in [6.45, 7) is 2.78. The van der Waals surface area contributed by atoms with Crippen LogP contribution in [0.25, 0.3) is 0 Å². The van der Waals surface area contributed by atoms with Crippen LogP contribution in [0.1, 0.15) is 19.8 Å². The lowest BCUT2D eigenvalue weighted by atomic mass is 10.0. The van der Waals surface area contributed by atoms with Gasteiger partial charge in [-0.15, -0.1) is 0 Å². The molecule has 1 atom stereocenters. The molecule has 1 aromatic carbocycles. The Hall–Kier alpha value is -1.03. The van der Waals surface area contributed by atoms with Crippen molar-refractivity contribution in [2.45, 2.75) is 19.8 Å². The molecule has 0 radical (unpaired) electrons. The number of alkyl halides is 1. The van der Waals surface area contributed by atoms with Crippen molar-refractivity contribution in [3.8, 4) is 5.75 Å². The second-order valence-corrected chi connectivity index (χ2v) is 4.77. The predicted molar refractivity (Wildman–Crippen MR) is 75.1 cm³/mol. The number of carbonyl (C=O) groups excluding carboxylic acids is 1. The molecular weight excluding hydrogens is 296 g/mol. The summed E-state index contributed by atoms with van der Waals surface area (Å²) < 4.78 is 10.6. The van der Waals surface area contributed by atoms with Gasteiger partial charge in [0, 0.05) is 11.2 Å². The van der Waals surface area contributed by atoms with Crippen molar-refractivity contribution in [3.63, 3.8) is 0 Å². The summed E-state index contributed by atoms with van der Waals surface area (Å²) in [6, 6.07) is 9.63. The van der Waals surface area contributed by atoms with Gasteiger partial charge in [0.15, 0.2) is 0 Å². The highest BCUT2D eigenvalue weighted by Gasteiger charge is 2.15. The van der Waals surface area contributed by atoms with Crippen LogP contribution in [0.2, 0.25) is 0 Å². The average Bonchev–Trinajstić information content (AvgIpc) is 2.38. The van der Waals surface area contributed by atoms with Crippen molar-refractivity contribution in [1.29, 1.82) is 0 Å². The molecule has 0 aliphatic carbocycles. The summed E-state index contributed by atoms with van der Waals surface area (Å²) in [4.78, 5) is 11.4. The molecular formula is C14H19BrO3. The Labute approximate surface area is 117 Å². The molecule has 0 aromatic heterocycles. The second-order valence-electron chi connectivity index (χ2n) is 3.98. The highest BCUT2D eigenvalue weighted by Crippen LogP contribution is 2.15. The van der Waals surface area contributed by atoms with E-state index in [1.165, 1.54) is 0 Å². The minimum absolute atomic E-state index is 0.153. The maximum Gasteiger partial charge on any atom is 0.306 e. The highest BCUT2D eigenvalue weighted by atomic mass is 79.9. The molecule has 0 saturated carbocycles. The van der Waals surface area contributed by atoms with E-state index in [2.05, 4.69) is 15.9 Å². The lowest BCUT2D eigenvalue weighted by molar-refractivity contribution is -0.144. The van der Waals surface area contributed by atoms with Crippen LogP contribution >= 0.6 is 15.9 Å². The third-order valence-corrected chi connectivity index (χ3v) is 2.96. The number of carbonyl (C=O) groups is 1. The van der Waals surface area contributed by atoms with Crippen molar-refractivity contribution in [2.24, 2.45) is 5.92 Å². The molecule has 100 valence electrons. The van der Waals surface area contributed by atoms with Crippen molar-refractivity contribution in [3.05, 3.63) is 30.3 Å². The Kier molecular flexibility index (Phi) is 7.49. The quantitative estimate of drug-likeness (QED) is 0.545. The average molecular weight is 315 g/mol. The highest BCUT2D eigenvalue weighted by molar-refractivity contribution is 9.09. The fraction of sp³-hybridized carbons (Fsp3) is 0.500. The van der Waals surface area contributed by atoms with Gasteiger partial charge in [0.1, 0.15) is 5.75 Å². The van der Waals surface area contributed by atoms with E-state index < -0.39 is 0 Å². The SMILES string of the molecule is CCOC(=O)CC(CCBr)COc1ccccc1. The van der Waals surface area contributed by atoms with E-state index >= 15 is 0 Å². The monoisotopic (exact) mass is 314 g/mol. The maximum absolute atomic E-state index is 11.4. The minimum atomic E-state index is -0.153. The number of benzene rings is 1. The Bertz CT molecular complexity index is 340. The van der Waals surface area contributed by atoms with Gasteiger partial charge in [-0.3, -0.25) is 4.79 Å². The van der Waals surface area contributed by atoms with E-state index in [1.54, 1.807) is 0 Å². The molecule has 1 aromatic rings. The largest absolute Gasteiger partial charge is 0.493 e. The van der Waals surface area contributed by atoms with Crippen LogP contribution in [0, 0.1) is 5.92 Å². The Morgan fingerprint density at radius 3 is 2.67 bits per heavy atom. The van der Waals surface area contributed by atoms with Crippen molar-refractivity contribution < 1.29 is 14.3 Å². The van der Waals surface area contributed by atoms with Crippen LogP contribution in [-0.4, -0.2) is 24.5 Å². The van der Waals surface area contributed by atoms with Gasteiger partial charge in [-0.05, 0) is 25.5 Å². The fourth-order valence-electron chi connectivity index (χ4n) is 1.59. The Morgan fingerprint density at radius 2 is 2.06 bits per heavy atom. The first kappa shape index (κ1) is 15.0. The van der Waals surface area contributed by atoms with E-state index in [9.17, 15) is 4.79 Å². The van der Waals surface area contributed by atoms with Crippen LogP contribution in [0.3, 0.4) is 0 Å². The normalized spacial score (nSPS) is 11.9. The summed E-state index contributed by atoms with van der Waals surface area (Å²) in [5, 5.41) is 0.856. The smallest absolute Gasteiger partial charge is 0.306 e. The number of halogens is 1. The molecule has 18 heavy (non-hydrogen) atoms. The minimum Gasteiger partial charge on any atom is -0.493 e. The molecule has 0 aliphatic rings. The zero-order chi connectivity index (χ0) is 13.2. The van der Waals surface area contributed by atoms with Gasteiger partial charge < -0.3 is 9.47 Å². The molecule has 0 bridgehead atoms. The zero-order valence-electron chi connectivity index (χ0n) is 10.6. The van der Waals surface area contributed by atoms with Crippen molar-refractivity contribution in [2.75, 3.05) is 18.5 Å². The summed E-state index contributed by atoms with van der Waals surface area (Å²) in [6.07, 6.45) is 1.30. The van der Waals surface area contributed by atoms with E-state index in [0.29, 0.717) is 19.6 Å². The predicted octanol–water partition coefficient (Wildman–Crippen LogP) is 3.42. The molecule has 4 heteroatoms. The number of hydrogen-bond acceptors (Lipinski definition) is 3. The topological polar surface area (TPSA) is 35.5 Å². The van der Waals surface area contributed by atoms with Crippen molar-refractivity contribution >= 4 is 21.9 Å². The van der Waals surface area contributed by atoms with E-state index in [-0.39, 0.29) is 11.9 Å². The van der Waals surface area contributed by atoms with Gasteiger partial charge in [0.05, 0.1) is 19.6 Å². The number of para-hydroxylation sites is 1. The third-order valence-electron chi connectivity index (χ3n) is 2.51. The summed E-state index contributed by atoms with van der Waals surface area (Å²) in [7, 11) is 0. The van der Waals surface area contributed by atoms with Gasteiger partial charge >= 0.3 is 5.97 Å². The number of esters is 1. The standard InChI is InChI=1S/C14H19BrO3/c1-2-17-14(16)10-12(8-9-15)11-18-13-6-4-3-5-7-13/h3-7,12H,2,8-11H2,1H3. The molecule has 0 fully saturated rings. The van der Waals surface area contributed by atoms with Gasteiger partial charge in [-0.25, -0.2) is 0 Å². The molecule has 0 saturated heterocycles. The number of ether oxygens (including phenoxy) is 2. The summed E-state index contributed by atoms with van der Waals surface area (Å²) in [5.74, 6) is 0.865. The molecule has 1 rings (SSSR count). The van der Waals surface area contributed by atoms with E-state index in [1.807, 2.05) is 37.3 Å². The summed E-state index contributed by atoms with van der Waals surface area (Å²) in [5.41, 5.74) is 0. The van der Waals surface area contributed by atoms with Crippen LogP contribution < -0.4 is 4.74 Å². The first-order valence-electron chi connectivity index (χ1n) is 6.15. The lowest BCUT2D eigenvalue weighted by Gasteiger charge is -2.15. The molecule has 3 nitrogen and oxygen atoms in total. The Morgan fingerprint density at radius 1 is 1.33 bits per heavy atom. The van der Waals surface area contributed by atoms with Crippen LogP contribution in [-0.2, 0) is 9.53 Å². The van der Waals surface area contributed by atoms with Gasteiger partial charge in [-0.2, -0.15) is 0 Å². The van der Waals surface area contributed by atoms with Crippen LogP contribution in [0.4, 0.5) is 0 Å². The number of hydrogen-bond donors (Lipinski definition) is 0. The molecule has 0 spiro atoms. The molecule has 0 aliphatic heterocycles. The van der Waals surface area contributed by atoms with E-state index in [4.69, 9.17) is 9.47 Å². The first-order valence-corrected chi connectivity index (χ1v) is 7.27. The molecule has 0 amide bonds. The number of rotatable bonds is 8. The van der Waals surface area contributed by atoms with E-state index in [0.717, 1.165) is 17.5 Å². The fourth-order valence-corrected chi connectivity index (χ4v) is 2.23. The summed E-state index contributed by atoms with van der Waals surface area (Å²) >= 11 is 3.40. The zero-order valence-corrected chi connectivity index (χ0v) is 12.2. The molecule has 1 unspecified atom stereocenters. The lowest BCUT2D eigenvalue weighted by Crippen LogP contribution is -2.18. The van der Waals surface area contributed by atoms with Gasteiger partial charge in [-0.1, -0.05) is 34.1 Å². The Balaban J connectivity index is 2.40. The maximum atomic E-state index is 11.4. The second kappa shape index (κ2) is 8.97. The first-order chi connectivity index (χ1) is 8.76. The van der Waals surface area contributed by atoms with Gasteiger partial charge in [0.2, 0.25) is 0 Å². The molecule has 0 N–H and O–H groups in total. The van der Waals surface area contributed by atoms with Crippen LogP contribution in [0.5, 0.6) is 5.75 Å².